The van der Waals surface area contributed by atoms with Crippen molar-refractivity contribution < 1.29 is 23.1 Å². The van der Waals surface area contributed by atoms with E-state index >= 15 is 0 Å². The number of rotatable bonds is 3. The summed E-state index contributed by atoms with van der Waals surface area (Å²) >= 11 is 0. The average Bonchev–Trinajstić information content (AvgIpc) is 2.54. The first-order valence-corrected chi connectivity index (χ1v) is 6.69. The van der Waals surface area contributed by atoms with Crippen molar-refractivity contribution >= 4 is 11.6 Å². The van der Waals surface area contributed by atoms with Crippen LogP contribution in [0.4, 0.5) is 18.9 Å². The third-order valence-corrected chi connectivity index (χ3v) is 3.22. The minimum absolute atomic E-state index is 0.00552. The molecule has 0 heterocycles. The van der Waals surface area contributed by atoms with E-state index in [9.17, 15) is 23.1 Å². The lowest BCUT2D eigenvalue weighted by molar-refractivity contribution is -0.137. The Kier molecular flexibility index (Phi) is 4.64. The number of benzene rings is 2. The van der Waals surface area contributed by atoms with Crippen LogP contribution in [-0.4, -0.2) is 11.0 Å². The number of amides is 1. The molecule has 2 aromatic carbocycles. The highest BCUT2D eigenvalue weighted by Crippen LogP contribution is 2.35. The van der Waals surface area contributed by atoms with Crippen molar-refractivity contribution in [2.24, 2.45) is 0 Å². The van der Waals surface area contributed by atoms with Gasteiger partial charge in [0.1, 0.15) is 5.75 Å². The predicted molar refractivity (Wildman–Crippen MR) is 80.1 cm³/mol. The fraction of sp³-hybridized carbons (Fsp3) is 0.125. The number of aryl methyl sites for hydroxylation is 1. The van der Waals surface area contributed by atoms with E-state index in [0.29, 0.717) is 11.6 Å². The Morgan fingerprint density at radius 2 is 1.92 bits per heavy atom. The molecule has 24 heavy (non-hydrogen) atoms. The van der Waals surface area contributed by atoms with Crippen LogP contribution in [0.5, 0.6) is 5.75 Å². The maximum Gasteiger partial charge on any atom is 0.418 e. The van der Waals surface area contributed by atoms with Crippen LogP contribution in [0.1, 0.15) is 27.0 Å². The van der Waals surface area contributed by atoms with Crippen molar-refractivity contribution in [3.63, 3.8) is 0 Å². The summed E-state index contributed by atoms with van der Waals surface area (Å²) in [4.78, 5) is 12.0. The quantitative estimate of drug-likeness (QED) is 0.751. The number of aromatic hydroxyl groups is 1. The van der Waals surface area contributed by atoms with Gasteiger partial charge in [-0.25, -0.2) is 0 Å². The molecule has 5 nitrogen and oxygen atoms in total. The molecule has 0 aliphatic heterocycles. The van der Waals surface area contributed by atoms with Crippen LogP contribution < -0.4 is 10.9 Å². The second-order valence-electron chi connectivity index (χ2n) is 4.95. The Morgan fingerprint density at radius 3 is 2.50 bits per heavy atom. The zero-order chi connectivity index (χ0) is 17.9. The van der Waals surface area contributed by atoms with Crippen molar-refractivity contribution in [2.75, 3.05) is 5.43 Å². The van der Waals surface area contributed by atoms with Crippen LogP contribution >= 0.6 is 0 Å². The first kappa shape index (κ1) is 17.1. The molecule has 0 unspecified atom stereocenters. The Hall–Kier alpha value is -3.21. The summed E-state index contributed by atoms with van der Waals surface area (Å²) in [5.41, 5.74) is 3.40. The van der Waals surface area contributed by atoms with Crippen LogP contribution in [0.3, 0.4) is 0 Å². The molecule has 0 saturated carbocycles. The van der Waals surface area contributed by atoms with Crippen LogP contribution in [-0.2, 0) is 6.18 Å². The lowest BCUT2D eigenvalue weighted by Crippen LogP contribution is -2.30. The molecule has 0 spiro atoms. The first-order chi connectivity index (χ1) is 11.2. The number of carbonyl (C=O) groups is 1. The Bertz CT molecular complexity index is 826. The van der Waals surface area contributed by atoms with Gasteiger partial charge in [0, 0.05) is 5.56 Å². The van der Waals surface area contributed by atoms with E-state index in [4.69, 9.17) is 5.26 Å². The van der Waals surface area contributed by atoms with E-state index in [0.717, 1.165) is 6.07 Å². The highest BCUT2D eigenvalue weighted by atomic mass is 19.4. The molecule has 8 heteroatoms. The molecule has 0 saturated heterocycles. The van der Waals surface area contributed by atoms with Gasteiger partial charge in [0.25, 0.3) is 5.91 Å². The SMILES string of the molecule is Cc1cc(C(=O)NNc2ccc(C#N)cc2C(F)(F)F)ccc1O. The zero-order valence-corrected chi connectivity index (χ0v) is 12.4. The van der Waals surface area contributed by atoms with Gasteiger partial charge < -0.3 is 5.11 Å². The monoisotopic (exact) mass is 335 g/mol. The number of hydrazine groups is 1. The average molecular weight is 335 g/mol. The van der Waals surface area contributed by atoms with Gasteiger partial charge in [0.2, 0.25) is 0 Å². The number of nitrogens with zero attached hydrogens (tertiary/aromatic N) is 1. The molecule has 0 bridgehead atoms. The maximum atomic E-state index is 13.0. The highest BCUT2D eigenvalue weighted by molar-refractivity contribution is 5.95. The molecule has 0 aromatic heterocycles. The number of anilines is 1. The lowest BCUT2D eigenvalue weighted by atomic mass is 10.1. The number of carbonyl (C=O) groups excluding carboxylic acids is 1. The molecule has 0 fully saturated rings. The van der Waals surface area contributed by atoms with Gasteiger partial charge in [-0.3, -0.25) is 15.6 Å². The van der Waals surface area contributed by atoms with Crippen molar-refractivity contribution in [2.45, 2.75) is 13.1 Å². The molecule has 2 rings (SSSR count). The standard InChI is InChI=1S/C16H12F3N3O2/c1-9-6-11(3-5-14(9)23)15(24)22-21-13-4-2-10(8-20)7-12(13)16(17,18)19/h2-7,21,23H,1H3,(H,22,24). The predicted octanol–water partition coefficient (Wildman–Crippen LogP) is 3.35. The summed E-state index contributed by atoms with van der Waals surface area (Å²) in [5.74, 6) is -0.665. The number of nitriles is 1. The molecule has 2 aromatic rings. The normalized spacial score (nSPS) is 10.8. The Morgan fingerprint density at radius 1 is 1.21 bits per heavy atom. The van der Waals surface area contributed by atoms with Crippen LogP contribution in [0.2, 0.25) is 0 Å². The second-order valence-corrected chi connectivity index (χ2v) is 4.95. The molecular weight excluding hydrogens is 323 g/mol. The third-order valence-electron chi connectivity index (χ3n) is 3.22. The largest absolute Gasteiger partial charge is 0.508 e. The van der Waals surface area contributed by atoms with Gasteiger partial charge in [-0.05, 0) is 48.9 Å². The third kappa shape index (κ3) is 3.76. The van der Waals surface area contributed by atoms with Gasteiger partial charge in [0.15, 0.2) is 0 Å². The van der Waals surface area contributed by atoms with Crippen molar-refractivity contribution in [3.05, 3.63) is 58.7 Å². The fourth-order valence-electron chi connectivity index (χ4n) is 1.95. The lowest BCUT2D eigenvalue weighted by Gasteiger charge is -2.15. The zero-order valence-electron chi connectivity index (χ0n) is 12.4. The second kappa shape index (κ2) is 6.50. The topological polar surface area (TPSA) is 85.2 Å². The Balaban J connectivity index is 2.21. The maximum absolute atomic E-state index is 13.0. The van der Waals surface area contributed by atoms with Gasteiger partial charge in [-0.15, -0.1) is 0 Å². The van der Waals surface area contributed by atoms with Gasteiger partial charge >= 0.3 is 6.18 Å². The van der Waals surface area contributed by atoms with Crippen molar-refractivity contribution in [1.29, 1.82) is 5.26 Å². The number of nitrogens with one attached hydrogen (secondary N) is 2. The Labute approximate surface area is 135 Å². The summed E-state index contributed by atoms with van der Waals surface area (Å²) in [7, 11) is 0. The van der Waals surface area contributed by atoms with E-state index in [-0.39, 0.29) is 22.6 Å². The van der Waals surface area contributed by atoms with Gasteiger partial charge in [-0.2, -0.15) is 18.4 Å². The number of hydrogen-bond acceptors (Lipinski definition) is 4. The van der Waals surface area contributed by atoms with E-state index in [2.05, 4.69) is 10.9 Å². The summed E-state index contributed by atoms with van der Waals surface area (Å²) < 4.78 is 39.1. The molecule has 0 radical (unpaired) electrons. The van der Waals surface area contributed by atoms with Crippen molar-refractivity contribution in [3.8, 4) is 11.8 Å². The van der Waals surface area contributed by atoms with Gasteiger partial charge in [0.05, 0.1) is 22.9 Å². The molecule has 1 amide bonds. The number of phenolic OH excluding ortho intramolecular Hbond substituents is 1. The van der Waals surface area contributed by atoms with E-state index in [1.807, 2.05) is 0 Å². The van der Waals surface area contributed by atoms with Gasteiger partial charge in [-0.1, -0.05) is 0 Å². The summed E-state index contributed by atoms with van der Waals surface area (Å²) in [6, 6.07) is 8.63. The number of hydrogen-bond donors (Lipinski definition) is 3. The first-order valence-electron chi connectivity index (χ1n) is 6.69. The number of alkyl halides is 3. The molecule has 0 aliphatic rings. The fourth-order valence-corrected chi connectivity index (χ4v) is 1.95. The molecule has 0 aliphatic carbocycles. The highest BCUT2D eigenvalue weighted by Gasteiger charge is 2.34. The minimum Gasteiger partial charge on any atom is -0.508 e. The summed E-state index contributed by atoms with van der Waals surface area (Å²) in [6.45, 7) is 1.59. The molecular formula is C16H12F3N3O2. The molecule has 124 valence electrons. The van der Waals surface area contributed by atoms with Crippen LogP contribution in [0.25, 0.3) is 0 Å². The van der Waals surface area contributed by atoms with Crippen LogP contribution in [0.15, 0.2) is 36.4 Å². The van der Waals surface area contributed by atoms with E-state index in [1.54, 1.807) is 13.0 Å². The minimum atomic E-state index is -4.69. The number of phenols is 1. The molecule has 3 N–H and O–H groups in total. The summed E-state index contributed by atoms with van der Waals surface area (Å²) in [6.07, 6.45) is -4.69. The summed E-state index contributed by atoms with van der Waals surface area (Å²) in [5, 5.41) is 18.1. The number of halogens is 3. The molecule has 0 atom stereocenters. The van der Waals surface area contributed by atoms with Crippen LogP contribution in [0, 0.1) is 18.3 Å². The smallest absolute Gasteiger partial charge is 0.418 e. The van der Waals surface area contributed by atoms with E-state index in [1.165, 1.54) is 24.3 Å². The van der Waals surface area contributed by atoms with E-state index < -0.39 is 17.6 Å². The van der Waals surface area contributed by atoms with Crippen molar-refractivity contribution in [1.82, 2.24) is 5.43 Å².